The van der Waals surface area contributed by atoms with Crippen molar-refractivity contribution in [3.05, 3.63) is 70.7 Å². The number of carboxylic acids is 1. The highest BCUT2D eigenvalue weighted by Crippen LogP contribution is 2.44. The van der Waals surface area contributed by atoms with E-state index in [-0.39, 0.29) is 24.1 Å². The van der Waals surface area contributed by atoms with Crippen LogP contribution in [0.5, 0.6) is 0 Å². The second-order valence-corrected chi connectivity index (χ2v) is 8.99. The average Bonchev–Trinajstić information content (AvgIpc) is 3.38. The maximum absolute atomic E-state index is 12.4. The van der Waals surface area contributed by atoms with Crippen LogP contribution < -0.4 is 10.6 Å². The molecule has 10 heteroatoms. The maximum Gasteiger partial charge on any atom is 0.413 e. The first-order chi connectivity index (χ1) is 16.2. The van der Waals surface area contributed by atoms with Gasteiger partial charge in [0.25, 0.3) is 0 Å². The predicted octanol–water partition coefficient (Wildman–Crippen LogP) is 3.00. The number of carbonyl (C=O) groups excluding carboxylic acids is 2. The second-order valence-electron chi connectivity index (χ2n) is 8.13. The second kappa shape index (κ2) is 9.62. The molecule has 2 amide bonds. The van der Waals surface area contributed by atoms with Gasteiger partial charge in [-0.25, -0.2) is 14.6 Å². The molecule has 0 saturated carbocycles. The minimum atomic E-state index is -2.06. The maximum atomic E-state index is 12.4. The Kier molecular flexibility index (Phi) is 6.62. The largest absolute Gasteiger partial charge is 0.479 e. The number of aliphatic hydroxyl groups is 1. The summed E-state index contributed by atoms with van der Waals surface area (Å²) >= 11 is 1.14. The fourth-order valence-corrected chi connectivity index (χ4v) is 4.44. The molecule has 34 heavy (non-hydrogen) atoms. The van der Waals surface area contributed by atoms with Crippen molar-refractivity contribution in [2.75, 3.05) is 18.5 Å². The number of hydrogen-bond acceptors (Lipinski definition) is 7. The first-order valence-electron chi connectivity index (χ1n) is 10.5. The third-order valence-corrected chi connectivity index (χ3v) is 6.34. The third-order valence-electron chi connectivity index (χ3n) is 5.54. The summed E-state index contributed by atoms with van der Waals surface area (Å²) in [6, 6.07) is 16.1. The van der Waals surface area contributed by atoms with Gasteiger partial charge in [-0.05, 0) is 29.2 Å². The summed E-state index contributed by atoms with van der Waals surface area (Å²) in [4.78, 5) is 39.5. The molecule has 0 saturated heterocycles. The van der Waals surface area contributed by atoms with Gasteiger partial charge in [0.05, 0.1) is 18.7 Å². The number of nitrogens with one attached hydrogen (secondary N) is 2. The van der Waals surface area contributed by atoms with E-state index in [9.17, 15) is 19.5 Å². The summed E-state index contributed by atoms with van der Waals surface area (Å²) in [5.41, 5.74) is 2.84. The van der Waals surface area contributed by atoms with Gasteiger partial charge in [0.2, 0.25) is 5.91 Å². The Balaban J connectivity index is 1.30. The fourth-order valence-electron chi connectivity index (χ4n) is 3.74. The van der Waals surface area contributed by atoms with Crippen LogP contribution in [-0.4, -0.2) is 51.9 Å². The Morgan fingerprint density at radius 1 is 1.09 bits per heavy atom. The summed E-state index contributed by atoms with van der Waals surface area (Å²) in [7, 11) is 0. The molecular weight excluding hydrogens is 458 g/mol. The molecule has 1 aliphatic rings. The van der Waals surface area contributed by atoms with Crippen LogP contribution >= 0.6 is 11.3 Å². The highest BCUT2D eigenvalue weighted by atomic mass is 32.1. The van der Waals surface area contributed by atoms with E-state index in [1.54, 1.807) is 5.38 Å². The van der Waals surface area contributed by atoms with Crippen LogP contribution in [0.3, 0.4) is 0 Å². The molecule has 1 unspecified atom stereocenters. The zero-order valence-electron chi connectivity index (χ0n) is 18.3. The number of aromatic nitrogens is 1. The van der Waals surface area contributed by atoms with Crippen LogP contribution in [0, 0.1) is 0 Å². The van der Waals surface area contributed by atoms with Gasteiger partial charge < -0.3 is 20.3 Å². The minimum absolute atomic E-state index is 0.0586. The minimum Gasteiger partial charge on any atom is -0.479 e. The first-order valence-corrected chi connectivity index (χ1v) is 11.4. The molecule has 2 aromatic carbocycles. The lowest BCUT2D eigenvalue weighted by Crippen LogP contribution is -2.46. The van der Waals surface area contributed by atoms with Crippen molar-refractivity contribution in [2.24, 2.45) is 0 Å². The number of nitrogens with zero attached hydrogens (tertiary/aromatic N) is 1. The number of amides is 2. The monoisotopic (exact) mass is 481 g/mol. The van der Waals surface area contributed by atoms with Crippen molar-refractivity contribution in [2.45, 2.75) is 24.9 Å². The van der Waals surface area contributed by atoms with Crippen molar-refractivity contribution >= 4 is 34.4 Å². The Morgan fingerprint density at radius 2 is 1.71 bits per heavy atom. The number of ether oxygens (including phenoxy) is 1. The lowest BCUT2D eigenvalue weighted by atomic mass is 9.98. The van der Waals surface area contributed by atoms with Crippen LogP contribution in [0.1, 0.15) is 29.7 Å². The van der Waals surface area contributed by atoms with Crippen LogP contribution in [0.25, 0.3) is 11.1 Å². The van der Waals surface area contributed by atoms with Crippen molar-refractivity contribution in [1.82, 2.24) is 10.3 Å². The van der Waals surface area contributed by atoms with Gasteiger partial charge >= 0.3 is 12.1 Å². The standard InChI is InChI=1S/C24H23N3O6S/c1-24(32,21(29)30)13-25-20(28)10-14-12-34-22(26-14)27-23(31)33-11-19-17-8-4-2-6-15(17)16-7-3-5-9-18(16)19/h2-9,12,19,32H,10-11,13H2,1H3,(H,25,28)(H,29,30)(H,26,27,31). The fraction of sp³-hybridized carbons (Fsp3) is 0.250. The smallest absolute Gasteiger partial charge is 0.413 e. The van der Waals surface area contributed by atoms with Gasteiger partial charge in [0.1, 0.15) is 6.61 Å². The Morgan fingerprint density at radius 3 is 2.32 bits per heavy atom. The SMILES string of the molecule is CC(O)(CNC(=O)Cc1csc(NC(=O)OCC2c3ccccc3-c3ccccc32)n1)C(=O)O. The zero-order valence-corrected chi connectivity index (χ0v) is 19.1. The third kappa shape index (κ3) is 5.08. The molecule has 1 atom stereocenters. The molecule has 9 nitrogen and oxygen atoms in total. The van der Waals surface area contributed by atoms with Gasteiger partial charge in [-0.3, -0.25) is 10.1 Å². The van der Waals surface area contributed by atoms with Gasteiger partial charge in [-0.15, -0.1) is 11.3 Å². The number of carbonyl (C=O) groups is 3. The molecule has 0 radical (unpaired) electrons. The van der Waals surface area contributed by atoms with E-state index in [2.05, 4.69) is 27.8 Å². The van der Waals surface area contributed by atoms with E-state index in [0.717, 1.165) is 40.5 Å². The molecule has 176 valence electrons. The van der Waals surface area contributed by atoms with Crippen LogP contribution in [0.4, 0.5) is 9.93 Å². The Labute approximate surface area is 199 Å². The molecular formula is C24H23N3O6S. The molecule has 1 aromatic heterocycles. The quantitative estimate of drug-likeness (QED) is 0.388. The van der Waals surface area contributed by atoms with Crippen molar-refractivity contribution in [3.8, 4) is 11.1 Å². The highest BCUT2D eigenvalue weighted by Gasteiger charge is 2.31. The topological polar surface area (TPSA) is 138 Å². The van der Waals surface area contributed by atoms with E-state index in [1.807, 2.05) is 36.4 Å². The predicted molar refractivity (Wildman–Crippen MR) is 126 cm³/mol. The van der Waals surface area contributed by atoms with Crippen molar-refractivity contribution < 1.29 is 29.3 Å². The van der Waals surface area contributed by atoms with E-state index in [0.29, 0.717) is 5.69 Å². The summed E-state index contributed by atoms with van der Waals surface area (Å²) in [6.07, 6.45) is -0.775. The number of aliphatic carboxylic acids is 1. The number of anilines is 1. The highest BCUT2D eigenvalue weighted by molar-refractivity contribution is 7.13. The Hall–Kier alpha value is -3.76. The zero-order chi connectivity index (χ0) is 24.3. The average molecular weight is 482 g/mol. The summed E-state index contributed by atoms with van der Waals surface area (Å²) in [6.45, 7) is 0.828. The van der Waals surface area contributed by atoms with Gasteiger partial charge in [-0.1, -0.05) is 48.5 Å². The first kappa shape index (κ1) is 23.4. The van der Waals surface area contributed by atoms with Gasteiger partial charge in [0, 0.05) is 11.3 Å². The number of fused-ring (bicyclic) bond motifs is 3. The van der Waals surface area contributed by atoms with E-state index < -0.39 is 30.1 Å². The molecule has 0 spiro atoms. The van der Waals surface area contributed by atoms with Crippen LogP contribution in [0.2, 0.25) is 0 Å². The number of thiazole rings is 1. The molecule has 3 aromatic rings. The normalized spacial score (nSPS) is 13.9. The number of benzene rings is 2. The van der Waals surface area contributed by atoms with E-state index in [1.165, 1.54) is 0 Å². The molecule has 1 heterocycles. The van der Waals surface area contributed by atoms with Crippen molar-refractivity contribution in [1.29, 1.82) is 0 Å². The molecule has 0 bridgehead atoms. The number of carboxylic acid groups (broad SMARTS) is 1. The van der Waals surface area contributed by atoms with E-state index in [4.69, 9.17) is 9.84 Å². The molecule has 4 rings (SSSR count). The molecule has 0 aliphatic heterocycles. The Bertz CT molecular complexity index is 1190. The van der Waals surface area contributed by atoms with Crippen molar-refractivity contribution in [3.63, 3.8) is 0 Å². The van der Waals surface area contributed by atoms with Gasteiger partial charge in [-0.2, -0.15) is 0 Å². The van der Waals surface area contributed by atoms with Crippen LogP contribution in [-0.2, 0) is 20.7 Å². The summed E-state index contributed by atoms with van der Waals surface area (Å²) in [5.74, 6) is -1.99. The lowest BCUT2D eigenvalue weighted by molar-refractivity contribution is -0.156. The van der Waals surface area contributed by atoms with Crippen LogP contribution in [0.15, 0.2) is 53.9 Å². The molecule has 0 fully saturated rings. The van der Waals surface area contributed by atoms with Gasteiger partial charge in [0.15, 0.2) is 10.7 Å². The van der Waals surface area contributed by atoms with E-state index >= 15 is 0 Å². The summed E-state index contributed by atoms with van der Waals surface area (Å²) in [5, 5.41) is 25.3. The lowest BCUT2D eigenvalue weighted by Gasteiger charge is -2.17. The molecule has 4 N–H and O–H groups in total. The molecule has 1 aliphatic carbocycles. The summed E-state index contributed by atoms with van der Waals surface area (Å²) < 4.78 is 5.49. The number of rotatable bonds is 8. The number of hydrogen-bond donors (Lipinski definition) is 4.